The van der Waals surface area contributed by atoms with Gasteiger partial charge in [0, 0.05) is 35.1 Å². The Morgan fingerprint density at radius 3 is 2.52 bits per heavy atom. The molecule has 2 aromatic rings. The monoisotopic (exact) mass is 309 g/mol. The highest BCUT2D eigenvalue weighted by Crippen LogP contribution is 2.21. The Bertz CT molecular complexity index is 575. The van der Waals surface area contributed by atoms with Gasteiger partial charge in [0.05, 0.1) is 0 Å². The van der Waals surface area contributed by atoms with Crippen LogP contribution in [0.1, 0.15) is 12.0 Å². The first-order valence-corrected chi connectivity index (χ1v) is 7.69. The fourth-order valence-electron chi connectivity index (χ4n) is 1.80. The Hall–Kier alpha value is -1.59. The van der Waals surface area contributed by atoms with Crippen molar-refractivity contribution in [2.24, 2.45) is 0 Å². The molecule has 0 atom stereocenters. The van der Waals surface area contributed by atoms with Crippen molar-refractivity contribution in [2.45, 2.75) is 17.9 Å². The third-order valence-electron chi connectivity index (χ3n) is 2.92. The molecule has 0 aromatic heterocycles. The first kappa shape index (κ1) is 15.8. The molecule has 0 aliphatic carbocycles. The number of thioether (sulfide) groups is 1. The summed E-state index contributed by atoms with van der Waals surface area (Å²) >= 11 is 1.68. The van der Waals surface area contributed by atoms with E-state index in [1.165, 1.54) is 6.07 Å². The van der Waals surface area contributed by atoms with Gasteiger partial charge in [0.1, 0.15) is 11.6 Å². The molecule has 0 saturated carbocycles. The summed E-state index contributed by atoms with van der Waals surface area (Å²) in [7, 11) is 0. The van der Waals surface area contributed by atoms with Crippen LogP contribution in [0.5, 0.6) is 0 Å². The highest BCUT2D eigenvalue weighted by atomic mass is 32.2. The molecule has 2 nitrogen and oxygen atoms in total. The zero-order chi connectivity index (χ0) is 15.1. The summed E-state index contributed by atoms with van der Waals surface area (Å²) in [5.74, 6) is 0.0153. The molecule has 0 unspecified atom stereocenters. The number of aliphatic hydroxyl groups excluding tert-OH is 1. The van der Waals surface area contributed by atoms with Crippen molar-refractivity contribution in [2.75, 3.05) is 17.7 Å². The Balaban J connectivity index is 1.90. The number of rotatable bonds is 7. The summed E-state index contributed by atoms with van der Waals surface area (Å²) in [6, 6.07) is 11.2. The number of hydrogen-bond donors (Lipinski definition) is 2. The highest BCUT2D eigenvalue weighted by Gasteiger charge is 2.03. The van der Waals surface area contributed by atoms with Gasteiger partial charge in [0.15, 0.2) is 0 Å². The number of aliphatic hydroxyl groups is 1. The predicted octanol–water partition coefficient (Wildman–Crippen LogP) is 4.05. The molecular formula is C16H17F2NOS. The summed E-state index contributed by atoms with van der Waals surface area (Å²) < 4.78 is 26.5. The molecule has 5 heteroatoms. The fraction of sp³-hybridized carbons (Fsp3) is 0.250. The molecule has 0 amide bonds. The molecule has 112 valence electrons. The molecule has 0 spiro atoms. The average Bonchev–Trinajstić information content (AvgIpc) is 2.50. The lowest BCUT2D eigenvalue weighted by Crippen LogP contribution is -2.02. The predicted molar refractivity (Wildman–Crippen MR) is 82.6 cm³/mol. The number of benzene rings is 2. The summed E-state index contributed by atoms with van der Waals surface area (Å²) in [4.78, 5) is 1.12. The van der Waals surface area contributed by atoms with Gasteiger partial charge in [-0.25, -0.2) is 8.78 Å². The maximum absolute atomic E-state index is 13.5. The first-order valence-electron chi connectivity index (χ1n) is 6.70. The minimum Gasteiger partial charge on any atom is -0.396 e. The van der Waals surface area contributed by atoms with Crippen LogP contribution >= 0.6 is 11.8 Å². The van der Waals surface area contributed by atoms with Gasteiger partial charge in [-0.05, 0) is 48.9 Å². The van der Waals surface area contributed by atoms with E-state index in [-0.39, 0.29) is 13.2 Å². The fourth-order valence-corrected chi connectivity index (χ4v) is 2.64. The van der Waals surface area contributed by atoms with Gasteiger partial charge in [0.25, 0.3) is 0 Å². The molecule has 2 aromatic carbocycles. The van der Waals surface area contributed by atoms with Crippen molar-refractivity contribution in [3.63, 3.8) is 0 Å². The number of nitrogens with one attached hydrogen (secondary N) is 1. The van der Waals surface area contributed by atoms with E-state index in [0.29, 0.717) is 5.56 Å². The summed E-state index contributed by atoms with van der Waals surface area (Å²) in [5.41, 5.74) is 1.15. The molecule has 0 radical (unpaired) electrons. The highest BCUT2D eigenvalue weighted by molar-refractivity contribution is 7.99. The largest absolute Gasteiger partial charge is 0.396 e. The van der Waals surface area contributed by atoms with Gasteiger partial charge in [-0.15, -0.1) is 11.8 Å². The first-order chi connectivity index (χ1) is 10.2. The molecular weight excluding hydrogens is 292 g/mol. The van der Waals surface area contributed by atoms with Gasteiger partial charge in [-0.3, -0.25) is 0 Å². The van der Waals surface area contributed by atoms with Crippen LogP contribution in [0.15, 0.2) is 47.4 Å². The third kappa shape index (κ3) is 5.02. The van der Waals surface area contributed by atoms with Crippen LogP contribution < -0.4 is 5.32 Å². The Kier molecular flexibility index (Phi) is 6.02. The lowest BCUT2D eigenvalue weighted by atomic mass is 10.2. The Morgan fingerprint density at radius 2 is 1.81 bits per heavy atom. The standard InChI is InChI=1S/C16H17F2NOS/c17-13-2-7-16(18)12(10-13)11-19-14-3-5-15(6-4-14)21-9-1-8-20/h2-7,10,19-20H,1,8-9,11H2. The van der Waals surface area contributed by atoms with Crippen molar-refractivity contribution in [1.29, 1.82) is 0 Å². The summed E-state index contributed by atoms with van der Waals surface area (Å²) in [5, 5.41) is 11.8. The van der Waals surface area contributed by atoms with E-state index in [1.807, 2.05) is 24.3 Å². The van der Waals surface area contributed by atoms with E-state index in [9.17, 15) is 8.78 Å². The quantitative estimate of drug-likeness (QED) is 0.598. The van der Waals surface area contributed by atoms with Gasteiger partial charge < -0.3 is 10.4 Å². The molecule has 0 aliphatic heterocycles. The lowest BCUT2D eigenvalue weighted by Gasteiger charge is -2.08. The number of anilines is 1. The van der Waals surface area contributed by atoms with Crippen LogP contribution in [0.25, 0.3) is 0 Å². The van der Waals surface area contributed by atoms with Crippen molar-refractivity contribution in [1.82, 2.24) is 0 Å². The minimum atomic E-state index is -0.441. The molecule has 0 aliphatic rings. The van der Waals surface area contributed by atoms with E-state index < -0.39 is 11.6 Å². The second-order valence-corrected chi connectivity index (χ2v) is 5.71. The van der Waals surface area contributed by atoms with E-state index in [0.717, 1.165) is 34.9 Å². The van der Waals surface area contributed by atoms with E-state index in [4.69, 9.17) is 5.11 Å². The normalized spacial score (nSPS) is 10.6. The van der Waals surface area contributed by atoms with Crippen LogP contribution in [0.3, 0.4) is 0 Å². The molecule has 0 fully saturated rings. The van der Waals surface area contributed by atoms with Crippen molar-refractivity contribution >= 4 is 17.4 Å². The van der Waals surface area contributed by atoms with Gasteiger partial charge in [-0.2, -0.15) is 0 Å². The molecule has 0 bridgehead atoms. The maximum atomic E-state index is 13.5. The average molecular weight is 309 g/mol. The van der Waals surface area contributed by atoms with Crippen LogP contribution in [-0.4, -0.2) is 17.5 Å². The van der Waals surface area contributed by atoms with Gasteiger partial charge in [-0.1, -0.05) is 0 Å². The smallest absolute Gasteiger partial charge is 0.128 e. The zero-order valence-corrected chi connectivity index (χ0v) is 12.3. The number of halogens is 2. The molecule has 0 heterocycles. The second-order valence-electron chi connectivity index (χ2n) is 4.54. The molecule has 2 rings (SSSR count). The molecule has 0 saturated heterocycles. The Labute approximate surface area is 127 Å². The van der Waals surface area contributed by atoms with Crippen LogP contribution in [0, 0.1) is 11.6 Å². The SMILES string of the molecule is OCCCSc1ccc(NCc2cc(F)ccc2F)cc1. The van der Waals surface area contributed by atoms with Crippen molar-refractivity contribution in [3.05, 3.63) is 59.7 Å². The van der Waals surface area contributed by atoms with Gasteiger partial charge in [0.2, 0.25) is 0 Å². The second kappa shape index (κ2) is 8.00. The zero-order valence-electron chi connectivity index (χ0n) is 11.5. The van der Waals surface area contributed by atoms with Crippen LogP contribution in [-0.2, 0) is 6.54 Å². The van der Waals surface area contributed by atoms with Crippen LogP contribution in [0.4, 0.5) is 14.5 Å². The van der Waals surface area contributed by atoms with Crippen LogP contribution in [0.2, 0.25) is 0 Å². The van der Waals surface area contributed by atoms with Crippen molar-refractivity contribution in [3.8, 4) is 0 Å². The third-order valence-corrected chi connectivity index (χ3v) is 4.01. The minimum absolute atomic E-state index is 0.200. The summed E-state index contributed by atoms with van der Waals surface area (Å²) in [6.45, 7) is 0.437. The number of hydrogen-bond acceptors (Lipinski definition) is 3. The summed E-state index contributed by atoms with van der Waals surface area (Å²) in [6.07, 6.45) is 0.767. The van der Waals surface area contributed by atoms with Gasteiger partial charge >= 0.3 is 0 Å². The van der Waals surface area contributed by atoms with Crippen molar-refractivity contribution < 1.29 is 13.9 Å². The molecule has 21 heavy (non-hydrogen) atoms. The maximum Gasteiger partial charge on any atom is 0.128 e. The van der Waals surface area contributed by atoms with E-state index in [1.54, 1.807) is 11.8 Å². The Morgan fingerprint density at radius 1 is 1.05 bits per heavy atom. The van der Waals surface area contributed by atoms with E-state index >= 15 is 0 Å². The van der Waals surface area contributed by atoms with E-state index in [2.05, 4.69) is 5.32 Å². The topological polar surface area (TPSA) is 32.3 Å². The lowest BCUT2D eigenvalue weighted by molar-refractivity contribution is 0.296. The molecule has 2 N–H and O–H groups in total.